The fourth-order valence-electron chi connectivity index (χ4n) is 1.02. The maximum Gasteiger partial charge on any atom is 0.228 e. The van der Waals surface area contributed by atoms with Crippen molar-refractivity contribution in [2.45, 2.75) is 0 Å². The summed E-state index contributed by atoms with van der Waals surface area (Å²) in [5.41, 5.74) is 0. The van der Waals surface area contributed by atoms with Gasteiger partial charge in [-0.15, -0.1) is 0 Å². The number of hydrogen-bond donors (Lipinski definition) is 0. The highest BCUT2D eigenvalue weighted by Gasteiger charge is 2.25. The molecular weight excluding hydrogens is 322 g/mol. The predicted molar refractivity (Wildman–Crippen MR) is 65.9 cm³/mol. The number of alkyl halides is 1. The normalized spacial score (nSPS) is 13.2. The van der Waals surface area contributed by atoms with Gasteiger partial charge in [0.25, 0.3) is 0 Å². The summed E-state index contributed by atoms with van der Waals surface area (Å²) < 4.78 is 51.3. The molecule has 0 N–H and O–H groups in total. The topological polar surface area (TPSA) is 80.8 Å². The highest BCUT2D eigenvalue weighted by Crippen LogP contribution is 2.05. The molecule has 0 aliphatic heterocycles. The van der Waals surface area contributed by atoms with Gasteiger partial charge in [0, 0.05) is 31.8 Å². The van der Waals surface area contributed by atoms with E-state index in [0.29, 0.717) is 5.33 Å². The van der Waals surface area contributed by atoms with E-state index in [1.54, 1.807) is 0 Å². The van der Waals surface area contributed by atoms with Crippen LogP contribution in [0, 0.1) is 0 Å². The van der Waals surface area contributed by atoms with Crippen molar-refractivity contribution in [1.29, 1.82) is 0 Å². The van der Waals surface area contributed by atoms with E-state index in [1.807, 2.05) is 0 Å². The smallest absolute Gasteiger partial charge is 0.228 e. The summed E-state index contributed by atoms with van der Waals surface area (Å²) in [5.74, 6) is 0. The molecule has 6 nitrogen and oxygen atoms in total. The van der Waals surface area contributed by atoms with Crippen molar-refractivity contribution in [3.8, 4) is 0 Å². The summed E-state index contributed by atoms with van der Waals surface area (Å²) in [7, 11) is -5.88. The highest BCUT2D eigenvalue weighted by molar-refractivity contribution is 9.09. The molecule has 0 amide bonds. The Labute approximate surface area is 105 Å². The van der Waals surface area contributed by atoms with Crippen molar-refractivity contribution in [1.82, 2.24) is 4.31 Å². The molecular formula is C7H16BrNO5S2. The van der Waals surface area contributed by atoms with E-state index in [0.717, 1.165) is 10.6 Å². The Balaban J connectivity index is 4.75. The van der Waals surface area contributed by atoms with Crippen molar-refractivity contribution >= 4 is 35.8 Å². The minimum absolute atomic E-state index is 0.153. The number of sulfonamides is 1. The summed E-state index contributed by atoms with van der Waals surface area (Å²) in [4.78, 5) is 0. The van der Waals surface area contributed by atoms with Gasteiger partial charge in [-0.2, -0.15) is 4.31 Å². The number of hydrogen-bond acceptors (Lipinski definition) is 5. The van der Waals surface area contributed by atoms with E-state index in [2.05, 4.69) is 15.9 Å². The Morgan fingerprint density at radius 2 is 1.75 bits per heavy atom. The number of nitrogens with zero attached hydrogens (tertiary/aromatic N) is 1. The molecule has 0 fully saturated rings. The molecule has 0 rings (SSSR count). The number of methoxy groups -OCH3 is 1. The van der Waals surface area contributed by atoms with Gasteiger partial charge in [0.1, 0.15) is 0 Å². The van der Waals surface area contributed by atoms with E-state index in [4.69, 9.17) is 4.74 Å². The molecule has 0 radical (unpaired) electrons. The summed E-state index contributed by atoms with van der Waals surface area (Å²) in [6.45, 7) is 0.608. The maximum absolute atomic E-state index is 11.7. The second-order valence-corrected chi connectivity index (χ2v) is 8.50. The Hall–Kier alpha value is 0.300. The van der Waals surface area contributed by atoms with Crippen LogP contribution in [0.2, 0.25) is 0 Å². The number of rotatable bonds is 8. The standard InChI is InChI=1S/C7H16BrNO5S2/c1-14-6-5-9(4-3-8)16(12,13)7-15(2,10)11/h3-7H2,1-2H3. The van der Waals surface area contributed by atoms with Crippen molar-refractivity contribution in [3.05, 3.63) is 0 Å². The number of halogens is 1. The van der Waals surface area contributed by atoms with Gasteiger partial charge >= 0.3 is 0 Å². The first kappa shape index (κ1) is 16.3. The molecule has 0 bridgehead atoms. The average Bonchev–Trinajstić information content (AvgIpc) is 2.07. The first-order chi connectivity index (χ1) is 7.23. The third kappa shape index (κ3) is 6.79. The monoisotopic (exact) mass is 337 g/mol. The van der Waals surface area contributed by atoms with Gasteiger partial charge in [-0.05, 0) is 0 Å². The lowest BCUT2D eigenvalue weighted by atomic mass is 10.6. The van der Waals surface area contributed by atoms with Crippen LogP contribution in [-0.4, -0.2) is 64.6 Å². The fraction of sp³-hybridized carbons (Fsp3) is 1.00. The average molecular weight is 338 g/mol. The minimum atomic E-state index is -3.78. The molecule has 0 aliphatic rings. The molecule has 0 heterocycles. The van der Waals surface area contributed by atoms with Gasteiger partial charge in [0.15, 0.2) is 14.9 Å². The van der Waals surface area contributed by atoms with Crippen molar-refractivity contribution < 1.29 is 21.6 Å². The zero-order valence-corrected chi connectivity index (χ0v) is 12.4. The molecule has 98 valence electrons. The molecule has 0 saturated heterocycles. The molecule has 0 aromatic rings. The first-order valence-electron chi connectivity index (χ1n) is 4.43. The zero-order chi connectivity index (χ0) is 12.8. The molecule has 0 unspecified atom stereocenters. The highest BCUT2D eigenvalue weighted by atomic mass is 79.9. The Morgan fingerprint density at radius 3 is 2.12 bits per heavy atom. The Morgan fingerprint density at radius 1 is 1.19 bits per heavy atom. The number of ether oxygens (including phenoxy) is 1. The Kier molecular flexibility index (Phi) is 7.03. The van der Waals surface area contributed by atoms with Crippen molar-refractivity contribution in [2.24, 2.45) is 0 Å². The lowest BCUT2D eigenvalue weighted by molar-refractivity contribution is 0.181. The van der Waals surface area contributed by atoms with Crippen LogP contribution < -0.4 is 0 Å². The Bertz CT molecular complexity index is 391. The van der Waals surface area contributed by atoms with Gasteiger partial charge < -0.3 is 4.74 Å². The van der Waals surface area contributed by atoms with E-state index in [9.17, 15) is 16.8 Å². The molecule has 0 atom stereocenters. The lowest BCUT2D eigenvalue weighted by Gasteiger charge is -2.20. The molecule has 0 aliphatic carbocycles. The van der Waals surface area contributed by atoms with Gasteiger partial charge in [-0.25, -0.2) is 16.8 Å². The van der Waals surface area contributed by atoms with Crippen LogP contribution in [0.3, 0.4) is 0 Å². The van der Waals surface area contributed by atoms with Crippen LogP contribution in [-0.2, 0) is 24.6 Å². The number of sulfone groups is 1. The van der Waals surface area contributed by atoms with Crippen molar-refractivity contribution in [2.75, 3.05) is 43.5 Å². The van der Waals surface area contributed by atoms with Crippen LogP contribution in [0.5, 0.6) is 0 Å². The van der Waals surface area contributed by atoms with Crippen LogP contribution in [0.15, 0.2) is 0 Å². The summed E-state index contributed by atoms with van der Waals surface area (Å²) in [6.07, 6.45) is 0.896. The summed E-state index contributed by atoms with van der Waals surface area (Å²) in [5, 5.41) is -0.420. The van der Waals surface area contributed by atoms with Gasteiger partial charge in [0.05, 0.1) is 6.61 Å². The summed E-state index contributed by atoms with van der Waals surface area (Å²) in [6, 6.07) is 0. The third-order valence-corrected chi connectivity index (χ3v) is 6.05. The molecule has 0 aromatic heterocycles. The second kappa shape index (κ2) is 6.90. The largest absolute Gasteiger partial charge is 0.383 e. The molecule has 0 saturated carbocycles. The van der Waals surface area contributed by atoms with E-state index in [1.165, 1.54) is 7.11 Å². The predicted octanol–water partition coefficient (Wildman–Crippen LogP) is -0.338. The van der Waals surface area contributed by atoms with Crippen LogP contribution in [0.1, 0.15) is 0 Å². The SMILES string of the molecule is COCCN(CCBr)S(=O)(=O)CS(C)(=O)=O. The van der Waals surface area contributed by atoms with Crippen LogP contribution in [0.25, 0.3) is 0 Å². The molecule has 0 aromatic carbocycles. The molecule has 9 heteroatoms. The minimum Gasteiger partial charge on any atom is -0.383 e. The van der Waals surface area contributed by atoms with E-state index in [-0.39, 0.29) is 19.7 Å². The zero-order valence-electron chi connectivity index (χ0n) is 9.22. The third-order valence-electron chi connectivity index (χ3n) is 1.64. The van der Waals surface area contributed by atoms with Crippen molar-refractivity contribution in [3.63, 3.8) is 0 Å². The first-order valence-corrected chi connectivity index (χ1v) is 9.22. The second-order valence-electron chi connectivity index (χ2n) is 3.24. The van der Waals surface area contributed by atoms with Gasteiger partial charge in [0.2, 0.25) is 10.0 Å². The quantitative estimate of drug-likeness (QED) is 0.566. The van der Waals surface area contributed by atoms with E-state index >= 15 is 0 Å². The molecule has 0 spiro atoms. The van der Waals surface area contributed by atoms with E-state index < -0.39 is 24.9 Å². The maximum atomic E-state index is 11.7. The fourth-order valence-corrected chi connectivity index (χ4v) is 5.17. The molecule has 16 heavy (non-hydrogen) atoms. The van der Waals surface area contributed by atoms with Crippen LogP contribution in [0.4, 0.5) is 0 Å². The van der Waals surface area contributed by atoms with Gasteiger partial charge in [-0.1, -0.05) is 15.9 Å². The van der Waals surface area contributed by atoms with Gasteiger partial charge in [-0.3, -0.25) is 0 Å². The van der Waals surface area contributed by atoms with Crippen LogP contribution >= 0.6 is 15.9 Å². The summed E-state index contributed by atoms with van der Waals surface area (Å²) >= 11 is 3.12. The lowest BCUT2D eigenvalue weighted by Crippen LogP contribution is -2.38.